The van der Waals surface area contributed by atoms with Gasteiger partial charge in [0.1, 0.15) is 34.6 Å². The van der Waals surface area contributed by atoms with E-state index in [9.17, 15) is 28.2 Å². The summed E-state index contributed by atoms with van der Waals surface area (Å²) >= 11 is 0. The normalized spacial score (nSPS) is 23.5. The van der Waals surface area contributed by atoms with Crippen LogP contribution in [0.1, 0.15) is 68.1 Å². The molecule has 9 heteroatoms. The van der Waals surface area contributed by atoms with Crippen LogP contribution in [0.5, 0.6) is 5.75 Å². The van der Waals surface area contributed by atoms with Crippen LogP contribution >= 0.6 is 0 Å². The Morgan fingerprint density at radius 1 is 1.13 bits per heavy atom. The number of halogens is 3. The Bertz CT molecular complexity index is 1310. The summed E-state index contributed by atoms with van der Waals surface area (Å²) in [5.74, 6) is -3.93. The summed E-state index contributed by atoms with van der Waals surface area (Å²) in [4.78, 5) is 21.3. The quantitative estimate of drug-likeness (QED) is 0.399. The van der Waals surface area contributed by atoms with Gasteiger partial charge in [-0.1, -0.05) is 6.92 Å². The molecule has 0 spiro atoms. The van der Waals surface area contributed by atoms with Crippen LogP contribution in [-0.4, -0.2) is 43.8 Å². The van der Waals surface area contributed by atoms with E-state index in [1.165, 1.54) is 6.07 Å². The molecule has 0 unspecified atom stereocenters. The number of Topliss-reactive ketones (excluding diaryl/α,β-unsaturated/α-hetero) is 1. The molecule has 38 heavy (non-hydrogen) atoms. The van der Waals surface area contributed by atoms with Gasteiger partial charge in [-0.2, -0.15) is 0 Å². The first-order valence-electron chi connectivity index (χ1n) is 12.6. The van der Waals surface area contributed by atoms with Crippen LogP contribution in [0.3, 0.4) is 0 Å². The predicted molar refractivity (Wildman–Crippen MR) is 135 cm³/mol. The van der Waals surface area contributed by atoms with Crippen molar-refractivity contribution >= 4 is 5.78 Å². The SMILES string of the molecule is CC(C)Oc1cc(F)c(-c2nc(C(=O)Cc3cnccc3[C@H]3C[C@@H](O)[C@](C)(O)[C@@H](C)C3)ccc2F)c(F)c1. The van der Waals surface area contributed by atoms with E-state index in [1.54, 1.807) is 39.2 Å². The summed E-state index contributed by atoms with van der Waals surface area (Å²) in [5.41, 5.74) is -1.25. The van der Waals surface area contributed by atoms with Gasteiger partial charge in [0.25, 0.3) is 0 Å². The van der Waals surface area contributed by atoms with Crippen molar-refractivity contribution in [3.8, 4) is 17.0 Å². The number of ketones is 1. The number of carbonyl (C=O) groups is 1. The molecule has 3 aromatic rings. The number of aliphatic hydroxyl groups excluding tert-OH is 1. The Morgan fingerprint density at radius 3 is 2.45 bits per heavy atom. The highest BCUT2D eigenvalue weighted by Crippen LogP contribution is 2.42. The molecule has 1 aliphatic rings. The zero-order chi connectivity index (χ0) is 27.8. The average molecular weight is 529 g/mol. The fourth-order valence-electron chi connectivity index (χ4n) is 4.99. The van der Waals surface area contributed by atoms with Gasteiger partial charge in [0.05, 0.1) is 23.4 Å². The third-order valence-electron chi connectivity index (χ3n) is 7.31. The van der Waals surface area contributed by atoms with E-state index in [0.717, 1.165) is 23.8 Å². The minimum atomic E-state index is -1.21. The topological polar surface area (TPSA) is 92.5 Å². The summed E-state index contributed by atoms with van der Waals surface area (Å²) in [6.07, 6.45) is 2.68. The number of aliphatic hydroxyl groups is 2. The van der Waals surface area contributed by atoms with Crippen LogP contribution < -0.4 is 4.74 Å². The molecule has 0 bridgehead atoms. The van der Waals surface area contributed by atoms with E-state index in [-0.39, 0.29) is 35.8 Å². The highest BCUT2D eigenvalue weighted by Gasteiger charge is 2.43. The molecule has 1 aliphatic carbocycles. The van der Waals surface area contributed by atoms with E-state index in [2.05, 4.69) is 9.97 Å². The lowest BCUT2D eigenvalue weighted by molar-refractivity contribution is -0.123. The third kappa shape index (κ3) is 5.59. The lowest BCUT2D eigenvalue weighted by atomic mass is 9.68. The molecule has 0 aliphatic heterocycles. The molecule has 4 rings (SSSR count). The standard InChI is InChI=1S/C29H31F3N2O4/c1-15(2)38-19-12-22(31)27(23(32)13-19)28-21(30)5-6-24(34-28)25(35)10-18-14-33-8-7-20(18)17-9-16(3)29(4,37)26(36)11-17/h5-8,12-17,26,36-37H,9-11H2,1-4H3/t16-,17+,26+,29+/m0/s1. The molecule has 2 N–H and O–H groups in total. The van der Waals surface area contributed by atoms with Crippen molar-refractivity contribution in [1.82, 2.24) is 9.97 Å². The summed E-state index contributed by atoms with van der Waals surface area (Å²) in [5, 5.41) is 21.1. The van der Waals surface area contributed by atoms with Crippen LogP contribution in [0.2, 0.25) is 0 Å². The molecule has 1 aromatic carbocycles. The van der Waals surface area contributed by atoms with Crippen molar-refractivity contribution in [2.45, 2.75) is 70.7 Å². The van der Waals surface area contributed by atoms with E-state index < -0.39 is 46.2 Å². The number of ether oxygens (including phenoxy) is 1. The molecule has 0 radical (unpaired) electrons. The first-order chi connectivity index (χ1) is 17.9. The predicted octanol–water partition coefficient (Wildman–Crippen LogP) is 5.40. The average Bonchev–Trinajstić information content (AvgIpc) is 2.83. The van der Waals surface area contributed by atoms with E-state index in [1.807, 2.05) is 6.92 Å². The van der Waals surface area contributed by atoms with Crippen LogP contribution in [0.25, 0.3) is 11.3 Å². The molecule has 0 amide bonds. The van der Waals surface area contributed by atoms with E-state index >= 15 is 0 Å². The van der Waals surface area contributed by atoms with Crippen molar-refractivity contribution < 1.29 is 32.9 Å². The Balaban J connectivity index is 1.62. The van der Waals surface area contributed by atoms with Crippen LogP contribution in [0.4, 0.5) is 13.2 Å². The van der Waals surface area contributed by atoms with Gasteiger partial charge in [0.2, 0.25) is 0 Å². The van der Waals surface area contributed by atoms with Crippen molar-refractivity contribution in [3.05, 3.63) is 77.0 Å². The Hall–Kier alpha value is -3.30. The van der Waals surface area contributed by atoms with Crippen molar-refractivity contribution in [2.75, 3.05) is 0 Å². The summed E-state index contributed by atoms with van der Waals surface area (Å²) in [6, 6.07) is 5.81. The molecule has 202 valence electrons. The fourth-order valence-corrected chi connectivity index (χ4v) is 4.99. The summed E-state index contributed by atoms with van der Waals surface area (Å²) < 4.78 is 49.6. The second-order valence-electron chi connectivity index (χ2n) is 10.4. The summed E-state index contributed by atoms with van der Waals surface area (Å²) in [7, 11) is 0. The molecule has 1 saturated carbocycles. The second-order valence-corrected chi connectivity index (χ2v) is 10.4. The molecule has 1 fully saturated rings. The highest BCUT2D eigenvalue weighted by molar-refractivity contribution is 5.96. The Morgan fingerprint density at radius 2 is 1.82 bits per heavy atom. The van der Waals surface area contributed by atoms with Crippen LogP contribution in [0, 0.1) is 23.4 Å². The molecule has 4 atom stereocenters. The highest BCUT2D eigenvalue weighted by atomic mass is 19.1. The van der Waals surface area contributed by atoms with Crippen LogP contribution in [-0.2, 0) is 6.42 Å². The van der Waals surface area contributed by atoms with Gasteiger partial charge < -0.3 is 14.9 Å². The maximum absolute atomic E-state index is 14.8. The maximum Gasteiger partial charge on any atom is 0.185 e. The van der Waals surface area contributed by atoms with Crippen molar-refractivity contribution in [2.24, 2.45) is 5.92 Å². The Labute approximate surface area is 219 Å². The van der Waals surface area contributed by atoms with Gasteiger partial charge >= 0.3 is 0 Å². The zero-order valence-corrected chi connectivity index (χ0v) is 21.7. The largest absolute Gasteiger partial charge is 0.491 e. The number of aromatic nitrogens is 2. The maximum atomic E-state index is 14.8. The Kier molecular flexibility index (Phi) is 7.90. The van der Waals surface area contributed by atoms with Gasteiger partial charge in [-0.05, 0) is 74.8 Å². The number of hydrogen-bond donors (Lipinski definition) is 2. The smallest absolute Gasteiger partial charge is 0.185 e. The molecule has 2 heterocycles. The minimum Gasteiger partial charge on any atom is -0.491 e. The number of carbonyl (C=O) groups excluding carboxylic acids is 1. The van der Waals surface area contributed by atoms with Crippen molar-refractivity contribution in [1.29, 1.82) is 0 Å². The third-order valence-corrected chi connectivity index (χ3v) is 7.31. The first kappa shape index (κ1) is 27.7. The van der Waals surface area contributed by atoms with E-state index in [0.29, 0.717) is 18.4 Å². The van der Waals surface area contributed by atoms with Crippen LogP contribution in [0.15, 0.2) is 42.7 Å². The number of benzene rings is 1. The first-order valence-corrected chi connectivity index (χ1v) is 12.6. The lowest BCUT2D eigenvalue weighted by Crippen LogP contribution is -2.49. The fraction of sp³-hybridized carbons (Fsp3) is 0.414. The van der Waals surface area contributed by atoms with Crippen molar-refractivity contribution in [3.63, 3.8) is 0 Å². The molecule has 2 aromatic heterocycles. The van der Waals surface area contributed by atoms with Gasteiger partial charge in [-0.25, -0.2) is 18.2 Å². The molecular formula is C29H31F3N2O4. The number of nitrogens with zero attached hydrogens (tertiary/aromatic N) is 2. The van der Waals surface area contributed by atoms with Gasteiger partial charge in [-0.3, -0.25) is 9.78 Å². The lowest BCUT2D eigenvalue weighted by Gasteiger charge is -2.43. The zero-order valence-electron chi connectivity index (χ0n) is 21.7. The minimum absolute atomic E-state index is 0.0424. The van der Waals surface area contributed by atoms with Gasteiger partial charge in [0, 0.05) is 30.9 Å². The molecule has 0 saturated heterocycles. The number of hydrogen-bond acceptors (Lipinski definition) is 6. The van der Waals surface area contributed by atoms with Gasteiger partial charge in [-0.15, -0.1) is 0 Å². The second kappa shape index (κ2) is 10.8. The van der Waals surface area contributed by atoms with Gasteiger partial charge in [0.15, 0.2) is 5.78 Å². The number of pyridine rings is 2. The van der Waals surface area contributed by atoms with E-state index in [4.69, 9.17) is 4.74 Å². The molecule has 6 nitrogen and oxygen atoms in total. The molecular weight excluding hydrogens is 497 g/mol. The number of rotatable bonds is 7. The monoisotopic (exact) mass is 528 g/mol. The summed E-state index contributed by atoms with van der Waals surface area (Å²) in [6.45, 7) is 6.89.